The normalized spacial score (nSPS) is 11.2. The van der Waals surface area contributed by atoms with Crippen molar-refractivity contribution in [2.75, 3.05) is 6.54 Å². The van der Waals surface area contributed by atoms with Gasteiger partial charge in [0.25, 0.3) is 0 Å². The van der Waals surface area contributed by atoms with Crippen molar-refractivity contribution in [1.82, 2.24) is 5.32 Å². The third-order valence-corrected chi connectivity index (χ3v) is 1.25. The summed E-state index contributed by atoms with van der Waals surface area (Å²) in [5.74, 6) is -3.09. The zero-order valence-corrected chi connectivity index (χ0v) is 8.56. The zero-order chi connectivity index (χ0) is 12.7. The summed E-state index contributed by atoms with van der Waals surface area (Å²) in [6, 6.07) is 0. The first-order valence-electron chi connectivity index (χ1n) is 4.14. The molecule has 16 heavy (non-hydrogen) atoms. The minimum absolute atomic E-state index is 0.00767. The van der Waals surface area contributed by atoms with Crippen molar-refractivity contribution in [3.63, 3.8) is 0 Å². The summed E-state index contributed by atoms with van der Waals surface area (Å²) in [5, 5.41) is 10.8. The first-order valence-corrected chi connectivity index (χ1v) is 4.14. The Morgan fingerprint density at radius 2 is 2.00 bits per heavy atom. The van der Waals surface area contributed by atoms with E-state index >= 15 is 0 Å². The van der Waals surface area contributed by atoms with E-state index in [2.05, 4.69) is 16.4 Å². The molecule has 0 aliphatic carbocycles. The summed E-state index contributed by atoms with van der Waals surface area (Å²) in [5.41, 5.74) is 4.92. The van der Waals surface area contributed by atoms with Crippen molar-refractivity contribution >= 4 is 17.8 Å². The van der Waals surface area contributed by atoms with Crippen LogP contribution in [0.4, 0.5) is 0 Å². The lowest BCUT2D eigenvalue weighted by Gasteiger charge is -2.09. The summed E-state index contributed by atoms with van der Waals surface area (Å²) in [7, 11) is 0. The number of hydrogen-bond acceptors (Lipinski definition) is 7. The molecule has 1 amide bonds. The van der Waals surface area contributed by atoms with Gasteiger partial charge in [-0.3, -0.25) is 4.79 Å². The topological polar surface area (TPSA) is 128 Å². The van der Waals surface area contributed by atoms with Gasteiger partial charge in [-0.05, 0) is 6.92 Å². The number of carbonyl (C=O) groups is 3. The summed E-state index contributed by atoms with van der Waals surface area (Å²) in [6.45, 7) is 4.15. The second-order valence-electron chi connectivity index (χ2n) is 2.73. The van der Waals surface area contributed by atoms with Crippen LogP contribution in [0.3, 0.4) is 0 Å². The molecule has 8 nitrogen and oxygen atoms in total. The number of nitrogens with one attached hydrogen (secondary N) is 1. The molecule has 8 heteroatoms. The molecule has 0 saturated heterocycles. The van der Waals surface area contributed by atoms with Crippen molar-refractivity contribution in [2.24, 2.45) is 5.73 Å². The highest BCUT2D eigenvalue weighted by molar-refractivity contribution is 5.88. The minimum Gasteiger partial charge on any atom is -0.364 e. The van der Waals surface area contributed by atoms with Gasteiger partial charge in [-0.25, -0.2) is 19.4 Å². The monoisotopic (exact) mass is 232 g/mol. The van der Waals surface area contributed by atoms with E-state index in [0.29, 0.717) is 0 Å². The van der Waals surface area contributed by atoms with Crippen LogP contribution in [-0.2, 0) is 24.2 Å². The Morgan fingerprint density at radius 1 is 1.44 bits per heavy atom. The van der Waals surface area contributed by atoms with E-state index < -0.39 is 30.6 Å². The standard InChI is InChI=1S/C8H12N2O6/c1-4(2)7(13)15-16-8(14)6(12)10-5(11)3-9/h6,12H,1,3,9H2,2H3,(H,10,11). The molecule has 0 aromatic rings. The van der Waals surface area contributed by atoms with Crippen molar-refractivity contribution < 1.29 is 29.3 Å². The molecule has 0 aromatic heterocycles. The van der Waals surface area contributed by atoms with Gasteiger partial charge in [0.05, 0.1) is 6.54 Å². The maximum atomic E-state index is 10.9. The van der Waals surface area contributed by atoms with Gasteiger partial charge in [0.15, 0.2) is 0 Å². The fourth-order valence-electron chi connectivity index (χ4n) is 0.466. The van der Waals surface area contributed by atoms with E-state index in [-0.39, 0.29) is 5.57 Å². The molecule has 0 spiro atoms. The summed E-state index contributed by atoms with van der Waals surface area (Å²) in [6.07, 6.45) is -1.95. The molecule has 0 fully saturated rings. The van der Waals surface area contributed by atoms with Gasteiger partial charge in [-0.1, -0.05) is 6.58 Å². The number of carbonyl (C=O) groups excluding carboxylic acids is 3. The van der Waals surface area contributed by atoms with Gasteiger partial charge in [-0.2, -0.15) is 0 Å². The van der Waals surface area contributed by atoms with Crippen LogP contribution >= 0.6 is 0 Å². The van der Waals surface area contributed by atoms with Gasteiger partial charge in [0.2, 0.25) is 12.1 Å². The largest absolute Gasteiger partial charge is 0.404 e. The first-order chi connectivity index (χ1) is 7.38. The fourth-order valence-corrected chi connectivity index (χ4v) is 0.466. The predicted octanol–water partition coefficient (Wildman–Crippen LogP) is -2.04. The molecule has 0 aromatic carbocycles. The second kappa shape index (κ2) is 6.53. The van der Waals surface area contributed by atoms with Crippen molar-refractivity contribution in [2.45, 2.75) is 13.2 Å². The average Bonchev–Trinajstić information content (AvgIpc) is 2.24. The smallest absolute Gasteiger partial charge is 0.364 e. The molecule has 1 unspecified atom stereocenters. The molecule has 0 saturated carbocycles. The van der Waals surface area contributed by atoms with E-state index in [9.17, 15) is 14.4 Å². The SMILES string of the molecule is C=C(C)C(=O)OOC(=O)C(O)NC(=O)CN. The van der Waals surface area contributed by atoms with Gasteiger partial charge < -0.3 is 16.2 Å². The molecule has 0 radical (unpaired) electrons. The highest BCUT2D eigenvalue weighted by Crippen LogP contribution is 1.94. The molecule has 1 atom stereocenters. The van der Waals surface area contributed by atoms with Crippen LogP contribution in [0.25, 0.3) is 0 Å². The molecule has 4 N–H and O–H groups in total. The lowest BCUT2D eigenvalue weighted by molar-refractivity contribution is -0.262. The second-order valence-corrected chi connectivity index (χ2v) is 2.73. The summed E-state index contributed by atoms with van der Waals surface area (Å²) < 4.78 is 0. The zero-order valence-electron chi connectivity index (χ0n) is 8.56. The Balaban J connectivity index is 4.02. The van der Waals surface area contributed by atoms with Crippen LogP contribution < -0.4 is 11.1 Å². The number of aliphatic hydroxyl groups is 1. The van der Waals surface area contributed by atoms with Gasteiger partial charge in [-0.15, -0.1) is 0 Å². The van der Waals surface area contributed by atoms with Crippen molar-refractivity contribution in [3.05, 3.63) is 12.2 Å². The highest BCUT2D eigenvalue weighted by atomic mass is 17.2. The number of aliphatic hydroxyl groups excluding tert-OH is 1. The molecular formula is C8H12N2O6. The summed E-state index contributed by atoms with van der Waals surface area (Å²) in [4.78, 5) is 40.2. The number of rotatable bonds is 4. The Morgan fingerprint density at radius 3 is 2.44 bits per heavy atom. The highest BCUT2D eigenvalue weighted by Gasteiger charge is 2.21. The van der Waals surface area contributed by atoms with Crippen LogP contribution in [0, 0.1) is 0 Å². The van der Waals surface area contributed by atoms with Crippen LogP contribution in [0.2, 0.25) is 0 Å². The van der Waals surface area contributed by atoms with Crippen molar-refractivity contribution in [3.8, 4) is 0 Å². The van der Waals surface area contributed by atoms with Gasteiger partial charge >= 0.3 is 11.9 Å². The molecule has 0 rings (SSSR count). The van der Waals surface area contributed by atoms with E-state index in [1.165, 1.54) is 6.92 Å². The lowest BCUT2D eigenvalue weighted by atomic mass is 10.4. The van der Waals surface area contributed by atoms with Gasteiger partial charge in [0.1, 0.15) is 0 Å². The number of nitrogens with two attached hydrogens (primary N) is 1. The van der Waals surface area contributed by atoms with Crippen LogP contribution in [0.5, 0.6) is 0 Å². The fraction of sp³-hybridized carbons (Fsp3) is 0.375. The molecular weight excluding hydrogens is 220 g/mol. The van der Waals surface area contributed by atoms with E-state index in [1.54, 1.807) is 5.32 Å². The molecule has 0 heterocycles. The Labute approximate surface area is 90.9 Å². The predicted molar refractivity (Wildman–Crippen MR) is 50.2 cm³/mol. The number of hydrogen-bond donors (Lipinski definition) is 3. The maximum absolute atomic E-state index is 10.9. The Kier molecular flexibility index (Phi) is 5.75. The quantitative estimate of drug-likeness (QED) is 0.220. The third kappa shape index (κ3) is 5.08. The van der Waals surface area contributed by atoms with Crippen LogP contribution in [0.1, 0.15) is 6.92 Å². The minimum atomic E-state index is -1.95. The van der Waals surface area contributed by atoms with Crippen molar-refractivity contribution in [1.29, 1.82) is 0 Å². The van der Waals surface area contributed by atoms with E-state index in [4.69, 9.17) is 10.8 Å². The third-order valence-electron chi connectivity index (χ3n) is 1.25. The Hall–Kier alpha value is -1.93. The van der Waals surface area contributed by atoms with Crippen LogP contribution in [0.15, 0.2) is 12.2 Å². The molecule has 90 valence electrons. The van der Waals surface area contributed by atoms with E-state index in [1.807, 2.05) is 0 Å². The molecule has 0 bridgehead atoms. The molecule has 0 aliphatic rings. The molecule has 0 aliphatic heterocycles. The lowest BCUT2D eigenvalue weighted by Crippen LogP contribution is -2.44. The first kappa shape index (κ1) is 14.1. The van der Waals surface area contributed by atoms with E-state index in [0.717, 1.165) is 0 Å². The van der Waals surface area contributed by atoms with Crippen LogP contribution in [-0.4, -0.2) is 35.7 Å². The Bertz CT molecular complexity index is 314. The van der Waals surface area contributed by atoms with Gasteiger partial charge in [0, 0.05) is 5.57 Å². The summed E-state index contributed by atoms with van der Waals surface area (Å²) >= 11 is 0. The number of amides is 1. The average molecular weight is 232 g/mol. The maximum Gasteiger partial charge on any atom is 0.404 e.